The molecule has 0 aliphatic rings. The lowest BCUT2D eigenvalue weighted by molar-refractivity contribution is 0.879. The first-order valence-electron chi connectivity index (χ1n) is 9.58. The van der Waals surface area contributed by atoms with Crippen molar-refractivity contribution in [2.24, 2.45) is 0 Å². The molecule has 0 saturated carbocycles. The fourth-order valence-corrected chi connectivity index (χ4v) is 3.29. The number of hydrogen-bond acceptors (Lipinski definition) is 2. The van der Waals surface area contributed by atoms with Crippen LogP contribution in [0.3, 0.4) is 0 Å². The molecule has 0 bridgehead atoms. The molecule has 0 heterocycles. The minimum absolute atomic E-state index is 1.01. The number of rotatable bonds is 8. The molecule has 3 aromatic rings. The molecule has 0 amide bonds. The third kappa shape index (κ3) is 4.26. The van der Waals surface area contributed by atoms with Crippen LogP contribution in [0.2, 0.25) is 0 Å². The zero-order chi connectivity index (χ0) is 18.2. The first-order valence-corrected chi connectivity index (χ1v) is 9.58. The molecule has 26 heavy (non-hydrogen) atoms. The van der Waals surface area contributed by atoms with Crippen LogP contribution in [0, 0.1) is 0 Å². The normalized spacial score (nSPS) is 10.5. The maximum Gasteiger partial charge on any atom is 0.0412 e. The summed E-state index contributed by atoms with van der Waals surface area (Å²) < 4.78 is 0. The smallest absolute Gasteiger partial charge is 0.0412 e. The van der Waals surface area contributed by atoms with E-state index in [9.17, 15) is 0 Å². The molecule has 0 unspecified atom stereocenters. The molecular weight excluding hydrogens is 316 g/mol. The van der Waals surface area contributed by atoms with Gasteiger partial charge in [0.05, 0.1) is 0 Å². The Morgan fingerprint density at radius 1 is 0.462 bits per heavy atom. The van der Waals surface area contributed by atoms with E-state index in [0.717, 1.165) is 25.9 Å². The summed E-state index contributed by atoms with van der Waals surface area (Å²) in [7, 11) is 0. The second-order valence-corrected chi connectivity index (χ2v) is 6.49. The molecule has 0 radical (unpaired) electrons. The van der Waals surface area contributed by atoms with Gasteiger partial charge in [0.2, 0.25) is 0 Å². The lowest BCUT2D eigenvalue weighted by Gasteiger charge is -2.27. The molecule has 3 rings (SSSR count). The van der Waals surface area contributed by atoms with Gasteiger partial charge in [-0.2, -0.15) is 0 Å². The standard InChI is InChI=1S/C24H28N2/c1-3-19-25(21-11-7-5-8-12-21)23-15-17-24(18-16-23)26(20-4-2)22-13-9-6-10-14-22/h5-18H,3-4,19-20H2,1-2H3. The summed E-state index contributed by atoms with van der Waals surface area (Å²) in [5.41, 5.74) is 4.98. The maximum atomic E-state index is 2.39. The molecule has 0 N–H and O–H groups in total. The molecule has 134 valence electrons. The van der Waals surface area contributed by atoms with Gasteiger partial charge in [0.1, 0.15) is 0 Å². The Morgan fingerprint density at radius 3 is 1.08 bits per heavy atom. The van der Waals surface area contributed by atoms with Crippen molar-refractivity contribution in [1.82, 2.24) is 0 Å². The van der Waals surface area contributed by atoms with E-state index in [0.29, 0.717) is 0 Å². The number of benzene rings is 3. The fourth-order valence-electron chi connectivity index (χ4n) is 3.29. The van der Waals surface area contributed by atoms with Crippen molar-refractivity contribution >= 4 is 22.7 Å². The van der Waals surface area contributed by atoms with Crippen molar-refractivity contribution in [3.8, 4) is 0 Å². The van der Waals surface area contributed by atoms with Crippen molar-refractivity contribution in [3.05, 3.63) is 84.9 Å². The van der Waals surface area contributed by atoms with Crippen molar-refractivity contribution in [3.63, 3.8) is 0 Å². The Hall–Kier alpha value is -2.74. The molecular formula is C24H28N2. The Kier molecular flexibility index (Phi) is 6.32. The Bertz CT molecular complexity index is 698. The Morgan fingerprint density at radius 2 is 0.769 bits per heavy atom. The number of anilines is 4. The van der Waals surface area contributed by atoms with Crippen LogP contribution in [-0.2, 0) is 0 Å². The van der Waals surface area contributed by atoms with Crippen molar-refractivity contribution in [2.75, 3.05) is 22.9 Å². The van der Waals surface area contributed by atoms with E-state index in [4.69, 9.17) is 0 Å². The highest BCUT2D eigenvalue weighted by atomic mass is 15.1. The zero-order valence-corrected chi connectivity index (χ0v) is 15.8. The quantitative estimate of drug-likeness (QED) is 0.444. The van der Waals surface area contributed by atoms with Gasteiger partial charge in [0.25, 0.3) is 0 Å². The third-order valence-electron chi connectivity index (χ3n) is 4.50. The minimum Gasteiger partial charge on any atom is -0.341 e. The molecule has 0 aliphatic carbocycles. The second kappa shape index (κ2) is 9.10. The van der Waals surface area contributed by atoms with Gasteiger partial charge in [-0.15, -0.1) is 0 Å². The van der Waals surface area contributed by atoms with Crippen LogP contribution in [0.4, 0.5) is 22.7 Å². The highest BCUT2D eigenvalue weighted by molar-refractivity contribution is 5.69. The maximum absolute atomic E-state index is 2.39. The summed E-state index contributed by atoms with van der Waals surface area (Å²) in [6.07, 6.45) is 2.23. The number of nitrogens with zero attached hydrogens (tertiary/aromatic N) is 2. The largest absolute Gasteiger partial charge is 0.341 e. The van der Waals surface area contributed by atoms with E-state index in [1.54, 1.807) is 0 Å². The summed E-state index contributed by atoms with van der Waals surface area (Å²) >= 11 is 0. The lowest BCUT2D eigenvalue weighted by atomic mass is 10.2. The summed E-state index contributed by atoms with van der Waals surface area (Å²) in [6.45, 7) is 6.48. The Balaban J connectivity index is 1.88. The van der Waals surface area contributed by atoms with E-state index in [2.05, 4.69) is 109 Å². The number of para-hydroxylation sites is 2. The van der Waals surface area contributed by atoms with Crippen LogP contribution in [-0.4, -0.2) is 13.1 Å². The third-order valence-corrected chi connectivity index (χ3v) is 4.50. The molecule has 0 atom stereocenters. The van der Waals surface area contributed by atoms with Crippen molar-refractivity contribution in [1.29, 1.82) is 0 Å². The summed E-state index contributed by atoms with van der Waals surface area (Å²) in [5.74, 6) is 0. The summed E-state index contributed by atoms with van der Waals surface area (Å²) in [6, 6.07) is 30.2. The van der Waals surface area contributed by atoms with E-state index in [1.807, 2.05) is 0 Å². The van der Waals surface area contributed by atoms with Crippen molar-refractivity contribution < 1.29 is 0 Å². The van der Waals surface area contributed by atoms with Crippen LogP contribution in [0.5, 0.6) is 0 Å². The molecule has 0 fully saturated rings. The lowest BCUT2D eigenvalue weighted by Crippen LogP contribution is -2.19. The van der Waals surface area contributed by atoms with Gasteiger partial charge in [-0.25, -0.2) is 0 Å². The highest BCUT2D eigenvalue weighted by Crippen LogP contribution is 2.30. The molecule has 2 nitrogen and oxygen atoms in total. The molecule has 0 aromatic heterocycles. The summed E-state index contributed by atoms with van der Waals surface area (Å²) in [5, 5.41) is 0. The molecule has 0 aliphatic heterocycles. The zero-order valence-electron chi connectivity index (χ0n) is 15.8. The topological polar surface area (TPSA) is 6.48 Å². The SMILES string of the molecule is CCCN(c1ccccc1)c1ccc(N(CCC)c2ccccc2)cc1. The van der Waals surface area contributed by atoms with Crippen LogP contribution in [0.1, 0.15) is 26.7 Å². The van der Waals surface area contributed by atoms with Crippen LogP contribution in [0.25, 0.3) is 0 Å². The monoisotopic (exact) mass is 344 g/mol. The van der Waals surface area contributed by atoms with Crippen LogP contribution in [0.15, 0.2) is 84.9 Å². The average Bonchev–Trinajstić information content (AvgIpc) is 2.72. The molecule has 0 saturated heterocycles. The fraction of sp³-hybridized carbons (Fsp3) is 0.250. The minimum atomic E-state index is 1.01. The first kappa shape index (κ1) is 18.1. The van der Waals surface area contributed by atoms with E-state index in [-0.39, 0.29) is 0 Å². The number of hydrogen-bond donors (Lipinski definition) is 0. The highest BCUT2D eigenvalue weighted by Gasteiger charge is 2.11. The van der Waals surface area contributed by atoms with Crippen LogP contribution < -0.4 is 9.80 Å². The van der Waals surface area contributed by atoms with Gasteiger partial charge in [-0.3, -0.25) is 0 Å². The summed E-state index contributed by atoms with van der Waals surface area (Å²) in [4.78, 5) is 4.77. The Labute approximate surface area is 157 Å². The second-order valence-electron chi connectivity index (χ2n) is 6.49. The predicted molar refractivity (Wildman–Crippen MR) is 114 cm³/mol. The van der Waals surface area contributed by atoms with Gasteiger partial charge in [0, 0.05) is 35.8 Å². The van der Waals surface area contributed by atoms with Gasteiger partial charge in [0.15, 0.2) is 0 Å². The predicted octanol–water partition coefficient (Wildman–Crippen LogP) is 6.78. The first-order chi connectivity index (χ1) is 12.8. The van der Waals surface area contributed by atoms with Gasteiger partial charge >= 0.3 is 0 Å². The molecule has 3 aromatic carbocycles. The van der Waals surface area contributed by atoms with Gasteiger partial charge < -0.3 is 9.80 Å². The van der Waals surface area contributed by atoms with E-state index in [1.165, 1.54) is 22.7 Å². The average molecular weight is 345 g/mol. The molecule has 2 heteroatoms. The van der Waals surface area contributed by atoms with E-state index >= 15 is 0 Å². The van der Waals surface area contributed by atoms with Gasteiger partial charge in [-0.05, 0) is 61.4 Å². The van der Waals surface area contributed by atoms with Crippen molar-refractivity contribution in [2.45, 2.75) is 26.7 Å². The molecule has 0 spiro atoms. The van der Waals surface area contributed by atoms with Crippen LogP contribution >= 0.6 is 0 Å². The van der Waals surface area contributed by atoms with E-state index < -0.39 is 0 Å². The van der Waals surface area contributed by atoms with Gasteiger partial charge in [-0.1, -0.05) is 50.2 Å².